The first-order chi connectivity index (χ1) is 24.5. The molecular weight excluding hydrogens is 690 g/mol. The SMILES string of the molecule is Cc1sc2c(c1C)C(c1ccc(Cl)cc1)=N[C@@H](CC(=O)CCCCCNc1cccc3c1C(=O)N(C1CCC(=O)NC1=O)C3=O)c1nnc(C)n1-2. The zero-order valence-electron chi connectivity index (χ0n) is 28.4. The second kappa shape index (κ2) is 14.0. The van der Waals surface area contributed by atoms with Crippen molar-refractivity contribution in [2.24, 2.45) is 4.99 Å². The van der Waals surface area contributed by atoms with Gasteiger partial charge in [-0.15, -0.1) is 21.5 Å². The monoisotopic (exact) mass is 725 g/mol. The van der Waals surface area contributed by atoms with Gasteiger partial charge in [-0.3, -0.25) is 43.7 Å². The number of carbonyl (C=O) groups excluding carboxylic acids is 5. The number of Topliss-reactive ketones (excluding diaryl/α,β-unsaturated/α-hetero) is 1. The third-order valence-corrected chi connectivity index (χ3v) is 11.1. The molecule has 2 aromatic heterocycles. The van der Waals surface area contributed by atoms with E-state index >= 15 is 0 Å². The molecule has 1 fully saturated rings. The number of ketones is 1. The molecule has 0 saturated carbocycles. The van der Waals surface area contributed by atoms with Crippen molar-refractivity contribution in [2.45, 2.75) is 77.8 Å². The first-order valence-corrected chi connectivity index (χ1v) is 18.2. The van der Waals surface area contributed by atoms with Crippen molar-refractivity contribution in [3.8, 4) is 5.00 Å². The number of piperidine rings is 1. The van der Waals surface area contributed by atoms with Crippen LogP contribution in [-0.4, -0.2) is 67.4 Å². The van der Waals surface area contributed by atoms with Crippen molar-refractivity contribution >= 4 is 63.7 Å². The number of amides is 4. The van der Waals surface area contributed by atoms with E-state index in [0.29, 0.717) is 35.9 Å². The van der Waals surface area contributed by atoms with Gasteiger partial charge in [0.25, 0.3) is 11.8 Å². The van der Waals surface area contributed by atoms with Crippen LogP contribution in [0.1, 0.15) is 105 Å². The smallest absolute Gasteiger partial charge is 0.264 e. The molecule has 4 aromatic rings. The molecule has 1 saturated heterocycles. The number of hydrogen-bond acceptors (Lipinski definition) is 10. The van der Waals surface area contributed by atoms with Crippen molar-refractivity contribution < 1.29 is 24.0 Å². The average Bonchev–Trinajstić information content (AvgIpc) is 3.68. The molecule has 5 heterocycles. The number of unbranched alkanes of at least 4 members (excludes halogenated alkanes) is 2. The topological polar surface area (TPSA) is 156 Å². The van der Waals surface area contributed by atoms with Crippen LogP contribution in [0.4, 0.5) is 5.69 Å². The highest BCUT2D eigenvalue weighted by Crippen LogP contribution is 2.40. The molecule has 0 bridgehead atoms. The minimum Gasteiger partial charge on any atom is -0.384 e. The summed E-state index contributed by atoms with van der Waals surface area (Å²) in [5.74, 6) is -0.684. The fourth-order valence-corrected chi connectivity index (χ4v) is 8.30. The van der Waals surface area contributed by atoms with Crippen LogP contribution in [0.25, 0.3) is 5.00 Å². The van der Waals surface area contributed by atoms with Crippen molar-refractivity contribution in [1.82, 2.24) is 25.0 Å². The van der Waals surface area contributed by atoms with Crippen LogP contribution < -0.4 is 10.6 Å². The lowest BCUT2D eigenvalue weighted by atomic mass is 9.99. The van der Waals surface area contributed by atoms with E-state index in [1.54, 1.807) is 29.5 Å². The summed E-state index contributed by atoms with van der Waals surface area (Å²) in [6, 6.07) is 11.1. The van der Waals surface area contributed by atoms with E-state index in [0.717, 1.165) is 51.0 Å². The van der Waals surface area contributed by atoms with Gasteiger partial charge in [-0.25, -0.2) is 0 Å². The number of halogens is 1. The molecule has 3 aliphatic rings. The van der Waals surface area contributed by atoms with Gasteiger partial charge < -0.3 is 5.32 Å². The Morgan fingerprint density at radius 2 is 1.76 bits per heavy atom. The molecule has 2 aromatic carbocycles. The number of anilines is 1. The average molecular weight is 726 g/mol. The van der Waals surface area contributed by atoms with Crippen LogP contribution in [0.15, 0.2) is 47.5 Å². The summed E-state index contributed by atoms with van der Waals surface area (Å²) in [4.78, 5) is 71.3. The maximum absolute atomic E-state index is 13.4. The second-order valence-electron chi connectivity index (χ2n) is 13.1. The number of thiophene rings is 1. The highest BCUT2D eigenvalue weighted by molar-refractivity contribution is 7.15. The fourth-order valence-electron chi connectivity index (χ4n) is 6.96. The molecule has 2 N–H and O–H groups in total. The number of imide groups is 2. The predicted octanol–water partition coefficient (Wildman–Crippen LogP) is 5.83. The van der Waals surface area contributed by atoms with Crippen LogP contribution in [-0.2, 0) is 14.4 Å². The maximum Gasteiger partial charge on any atom is 0.264 e. The van der Waals surface area contributed by atoms with E-state index in [1.165, 1.54) is 4.88 Å². The zero-order valence-corrected chi connectivity index (χ0v) is 30.0. The third kappa shape index (κ3) is 6.40. The number of nitrogens with one attached hydrogen (secondary N) is 2. The lowest BCUT2D eigenvalue weighted by Gasteiger charge is -2.27. The summed E-state index contributed by atoms with van der Waals surface area (Å²) < 4.78 is 2.04. The summed E-state index contributed by atoms with van der Waals surface area (Å²) >= 11 is 7.89. The Kier molecular flexibility index (Phi) is 9.42. The quantitative estimate of drug-likeness (QED) is 0.145. The first kappa shape index (κ1) is 34.4. The van der Waals surface area contributed by atoms with Gasteiger partial charge in [0.2, 0.25) is 11.8 Å². The lowest BCUT2D eigenvalue weighted by molar-refractivity contribution is -0.136. The van der Waals surface area contributed by atoms with Crippen LogP contribution in [0.2, 0.25) is 5.02 Å². The number of fused-ring (bicyclic) bond motifs is 4. The lowest BCUT2D eigenvalue weighted by Crippen LogP contribution is -2.54. The van der Waals surface area contributed by atoms with Gasteiger partial charge in [-0.2, -0.15) is 0 Å². The van der Waals surface area contributed by atoms with Crippen LogP contribution in [0.3, 0.4) is 0 Å². The molecule has 12 nitrogen and oxygen atoms in total. The Hall–Kier alpha value is -5.01. The fraction of sp³-hybridized carbons (Fsp3) is 0.351. The molecule has 7 rings (SSSR count). The molecule has 51 heavy (non-hydrogen) atoms. The van der Waals surface area contributed by atoms with E-state index in [1.807, 2.05) is 35.8 Å². The minimum absolute atomic E-state index is 0.0618. The molecular formula is C37H36ClN7O5S. The third-order valence-electron chi connectivity index (χ3n) is 9.69. The normalized spacial score (nSPS) is 18.2. The Morgan fingerprint density at radius 3 is 2.53 bits per heavy atom. The van der Waals surface area contributed by atoms with Crippen LogP contribution >= 0.6 is 22.9 Å². The zero-order chi connectivity index (χ0) is 36.0. The second-order valence-corrected chi connectivity index (χ2v) is 14.7. The van der Waals surface area contributed by atoms with E-state index in [9.17, 15) is 24.0 Å². The summed E-state index contributed by atoms with van der Waals surface area (Å²) in [6.45, 7) is 6.62. The Bertz CT molecular complexity index is 2140. The van der Waals surface area contributed by atoms with E-state index in [4.69, 9.17) is 16.6 Å². The Labute approximate surface area is 303 Å². The van der Waals surface area contributed by atoms with Crippen molar-refractivity contribution in [3.63, 3.8) is 0 Å². The molecule has 1 unspecified atom stereocenters. The summed E-state index contributed by atoms with van der Waals surface area (Å²) in [5.41, 5.74) is 4.85. The standard InChI is InChI=1S/C37H36ClN7O5S/c1-19-20(2)51-37-30(19)32(22-11-13-23(38)14-12-22)40-27(33-43-42-21(3)44(33)37)18-24(46)8-5-4-6-17-39-26-10-7-9-25-31(26)36(50)45(35(25)49)28-15-16-29(47)41-34(28)48/h7,9-14,27-28,39H,4-6,8,15-18H2,1-3H3,(H,41,47,48)/t27-,28?/m0/s1. The molecule has 2 atom stereocenters. The highest BCUT2D eigenvalue weighted by atomic mass is 35.5. The van der Waals surface area contributed by atoms with Crippen molar-refractivity contribution in [3.05, 3.63) is 91.8 Å². The summed E-state index contributed by atoms with van der Waals surface area (Å²) in [6.07, 6.45) is 2.89. The minimum atomic E-state index is -1.02. The highest BCUT2D eigenvalue weighted by Gasteiger charge is 2.45. The van der Waals surface area contributed by atoms with Crippen LogP contribution in [0.5, 0.6) is 0 Å². The van der Waals surface area contributed by atoms with Gasteiger partial charge in [0.05, 0.1) is 16.8 Å². The number of hydrogen-bond donors (Lipinski definition) is 2. The molecule has 3 aliphatic heterocycles. The Balaban J connectivity index is 0.983. The van der Waals surface area contributed by atoms with E-state index in [2.05, 4.69) is 34.7 Å². The number of aliphatic imine (C=N–C) groups is 1. The van der Waals surface area contributed by atoms with Gasteiger partial charge in [-0.1, -0.05) is 36.2 Å². The maximum atomic E-state index is 13.4. The van der Waals surface area contributed by atoms with Gasteiger partial charge in [0.15, 0.2) is 5.82 Å². The number of rotatable bonds is 11. The van der Waals surface area contributed by atoms with Crippen LogP contribution in [0, 0.1) is 20.8 Å². The molecule has 0 aliphatic carbocycles. The van der Waals surface area contributed by atoms with Gasteiger partial charge in [-0.05, 0) is 69.9 Å². The first-order valence-electron chi connectivity index (χ1n) is 17.0. The van der Waals surface area contributed by atoms with E-state index < -0.39 is 35.7 Å². The largest absolute Gasteiger partial charge is 0.384 e. The number of aryl methyl sites for hydroxylation is 2. The number of aromatic nitrogens is 3. The van der Waals surface area contributed by atoms with E-state index in [-0.39, 0.29) is 36.2 Å². The van der Waals surface area contributed by atoms with Crippen molar-refractivity contribution in [1.29, 1.82) is 0 Å². The number of carbonyl (C=O) groups is 5. The van der Waals surface area contributed by atoms with Gasteiger partial charge in [0.1, 0.15) is 28.7 Å². The summed E-state index contributed by atoms with van der Waals surface area (Å²) in [5, 5.41) is 16.0. The molecule has 262 valence electrons. The number of nitrogens with zero attached hydrogens (tertiary/aromatic N) is 5. The Morgan fingerprint density at radius 1 is 0.980 bits per heavy atom. The molecule has 0 spiro atoms. The van der Waals surface area contributed by atoms with Gasteiger partial charge in [0, 0.05) is 52.5 Å². The molecule has 4 amide bonds. The number of benzene rings is 2. The predicted molar refractivity (Wildman–Crippen MR) is 193 cm³/mol. The molecule has 14 heteroatoms. The van der Waals surface area contributed by atoms with Gasteiger partial charge >= 0.3 is 0 Å². The van der Waals surface area contributed by atoms with Crippen molar-refractivity contribution in [2.75, 3.05) is 11.9 Å². The summed E-state index contributed by atoms with van der Waals surface area (Å²) in [7, 11) is 0. The molecule has 0 radical (unpaired) electrons.